The van der Waals surface area contributed by atoms with Crippen molar-refractivity contribution in [3.8, 4) is 5.75 Å². The lowest BCUT2D eigenvalue weighted by molar-refractivity contribution is 0.0955. The molecule has 0 heterocycles. The van der Waals surface area contributed by atoms with Gasteiger partial charge in [0.1, 0.15) is 5.75 Å². The van der Waals surface area contributed by atoms with Crippen molar-refractivity contribution in [3.63, 3.8) is 0 Å². The van der Waals surface area contributed by atoms with Crippen LogP contribution in [0, 0.1) is 0 Å². The third-order valence-electron chi connectivity index (χ3n) is 2.58. The molecule has 0 saturated heterocycles. The Morgan fingerprint density at radius 1 is 1.25 bits per heavy atom. The molecule has 0 aliphatic heterocycles. The third kappa shape index (κ3) is 3.93. The van der Waals surface area contributed by atoms with Crippen molar-refractivity contribution in [1.82, 2.24) is 5.43 Å². The van der Waals surface area contributed by atoms with E-state index >= 15 is 0 Å². The van der Waals surface area contributed by atoms with Crippen LogP contribution in [0.5, 0.6) is 5.75 Å². The molecule has 102 valence electrons. The van der Waals surface area contributed by atoms with Crippen LogP contribution in [0.1, 0.15) is 15.9 Å². The first-order valence-corrected chi connectivity index (χ1v) is 6.71. The highest BCUT2D eigenvalue weighted by molar-refractivity contribution is 9.10. The first-order chi connectivity index (χ1) is 9.69. The fourth-order valence-electron chi connectivity index (χ4n) is 1.55. The number of carbonyl (C=O) groups excluding carboxylic acids is 1. The highest BCUT2D eigenvalue weighted by Crippen LogP contribution is 2.11. The average molecular weight is 333 g/mol. The van der Waals surface area contributed by atoms with Gasteiger partial charge in [-0.25, -0.2) is 5.43 Å². The van der Waals surface area contributed by atoms with Gasteiger partial charge in [-0.05, 0) is 42.0 Å². The average Bonchev–Trinajstić information content (AvgIpc) is 2.48. The van der Waals surface area contributed by atoms with Gasteiger partial charge in [0.25, 0.3) is 5.91 Å². The second kappa shape index (κ2) is 6.86. The minimum atomic E-state index is -0.253. The fraction of sp³-hybridized carbons (Fsp3) is 0.0667. The first kappa shape index (κ1) is 14.3. The van der Waals surface area contributed by atoms with Crippen LogP contribution in [0.3, 0.4) is 0 Å². The van der Waals surface area contributed by atoms with E-state index in [1.165, 1.54) is 0 Å². The maximum absolute atomic E-state index is 11.8. The molecule has 0 atom stereocenters. The molecule has 0 radical (unpaired) electrons. The predicted octanol–water partition coefficient (Wildman–Crippen LogP) is 3.22. The number of hydrogen-bond acceptors (Lipinski definition) is 3. The zero-order valence-electron chi connectivity index (χ0n) is 10.8. The van der Waals surface area contributed by atoms with Crippen molar-refractivity contribution >= 4 is 28.1 Å². The largest absolute Gasteiger partial charge is 0.497 e. The van der Waals surface area contributed by atoms with Crippen molar-refractivity contribution in [2.75, 3.05) is 7.11 Å². The van der Waals surface area contributed by atoms with Crippen LogP contribution in [0.15, 0.2) is 58.1 Å². The second-order valence-corrected chi connectivity index (χ2v) is 4.90. The highest BCUT2D eigenvalue weighted by Gasteiger charge is 2.02. The Hall–Kier alpha value is -2.14. The van der Waals surface area contributed by atoms with Crippen molar-refractivity contribution in [2.45, 2.75) is 0 Å². The van der Waals surface area contributed by atoms with Crippen LogP contribution in [-0.4, -0.2) is 19.2 Å². The van der Waals surface area contributed by atoms with Crippen LogP contribution >= 0.6 is 15.9 Å². The molecule has 0 unspecified atom stereocenters. The summed E-state index contributed by atoms with van der Waals surface area (Å²) in [6, 6.07) is 14.5. The molecule has 0 aliphatic carbocycles. The summed E-state index contributed by atoms with van der Waals surface area (Å²) >= 11 is 3.32. The van der Waals surface area contributed by atoms with Gasteiger partial charge in [0.2, 0.25) is 0 Å². The second-order valence-electron chi connectivity index (χ2n) is 3.98. The smallest absolute Gasteiger partial charge is 0.271 e. The highest BCUT2D eigenvalue weighted by atomic mass is 79.9. The summed E-state index contributed by atoms with van der Waals surface area (Å²) in [5, 5.41) is 3.92. The van der Waals surface area contributed by atoms with Gasteiger partial charge in [-0.1, -0.05) is 28.1 Å². The summed E-state index contributed by atoms with van der Waals surface area (Å²) in [4.78, 5) is 11.8. The summed E-state index contributed by atoms with van der Waals surface area (Å²) < 4.78 is 6.03. The van der Waals surface area contributed by atoms with Crippen LogP contribution < -0.4 is 10.2 Å². The molecule has 0 aromatic heterocycles. The minimum Gasteiger partial charge on any atom is -0.497 e. The van der Waals surface area contributed by atoms with Gasteiger partial charge in [-0.3, -0.25) is 4.79 Å². The van der Waals surface area contributed by atoms with Gasteiger partial charge in [-0.15, -0.1) is 0 Å². The molecular weight excluding hydrogens is 320 g/mol. The topological polar surface area (TPSA) is 50.7 Å². The van der Waals surface area contributed by atoms with E-state index < -0.39 is 0 Å². The number of halogens is 1. The zero-order chi connectivity index (χ0) is 14.4. The molecule has 2 rings (SSSR count). The Labute approximate surface area is 125 Å². The number of nitrogens with zero attached hydrogens (tertiary/aromatic N) is 1. The predicted molar refractivity (Wildman–Crippen MR) is 82.2 cm³/mol. The molecule has 0 saturated carbocycles. The Kier molecular flexibility index (Phi) is 4.90. The summed E-state index contributed by atoms with van der Waals surface area (Å²) in [7, 11) is 1.60. The third-order valence-corrected chi connectivity index (χ3v) is 3.11. The first-order valence-electron chi connectivity index (χ1n) is 5.92. The molecule has 4 nitrogen and oxygen atoms in total. The number of ether oxygens (including phenoxy) is 1. The standard InChI is InChI=1S/C15H13BrN2O2/c1-20-14-4-2-3-11(9-14)10-17-18-15(19)12-5-7-13(16)8-6-12/h2-10H,1H3,(H,18,19). The van der Waals surface area contributed by atoms with Crippen LogP contribution in [0.4, 0.5) is 0 Å². The number of rotatable bonds is 4. The molecule has 2 aromatic rings. The molecule has 0 bridgehead atoms. The molecule has 0 fully saturated rings. The van der Waals surface area contributed by atoms with Gasteiger partial charge in [0.15, 0.2) is 0 Å². The summed E-state index contributed by atoms with van der Waals surface area (Å²) in [5.41, 5.74) is 3.88. The Bertz CT molecular complexity index is 624. The molecule has 20 heavy (non-hydrogen) atoms. The Morgan fingerprint density at radius 2 is 2.00 bits per heavy atom. The number of hydrazone groups is 1. The van der Waals surface area contributed by atoms with E-state index in [-0.39, 0.29) is 5.91 Å². The molecular formula is C15H13BrN2O2. The van der Waals surface area contributed by atoms with E-state index in [4.69, 9.17) is 4.74 Å². The van der Waals surface area contributed by atoms with Crippen LogP contribution in [0.25, 0.3) is 0 Å². The number of amides is 1. The van der Waals surface area contributed by atoms with E-state index in [1.54, 1.807) is 37.6 Å². The Balaban J connectivity index is 1.98. The zero-order valence-corrected chi connectivity index (χ0v) is 12.4. The Morgan fingerprint density at radius 3 is 2.70 bits per heavy atom. The number of methoxy groups -OCH3 is 1. The van der Waals surface area contributed by atoms with Crippen LogP contribution in [0.2, 0.25) is 0 Å². The normalized spacial score (nSPS) is 10.5. The van der Waals surface area contributed by atoms with E-state index in [9.17, 15) is 4.79 Å². The number of carbonyl (C=O) groups is 1. The van der Waals surface area contributed by atoms with Gasteiger partial charge >= 0.3 is 0 Å². The van der Waals surface area contributed by atoms with Gasteiger partial charge in [0, 0.05) is 10.0 Å². The minimum absolute atomic E-state index is 0.253. The summed E-state index contributed by atoms with van der Waals surface area (Å²) in [5.74, 6) is 0.491. The van der Waals surface area contributed by atoms with Crippen molar-refractivity contribution < 1.29 is 9.53 Å². The lowest BCUT2D eigenvalue weighted by atomic mass is 10.2. The van der Waals surface area contributed by atoms with Gasteiger partial charge < -0.3 is 4.74 Å². The SMILES string of the molecule is COc1cccc(C=NNC(=O)c2ccc(Br)cc2)c1. The number of benzene rings is 2. The molecule has 1 N–H and O–H groups in total. The van der Waals surface area contributed by atoms with Crippen molar-refractivity contribution in [1.29, 1.82) is 0 Å². The lowest BCUT2D eigenvalue weighted by Crippen LogP contribution is -2.17. The van der Waals surface area contributed by atoms with Gasteiger partial charge in [-0.2, -0.15) is 5.10 Å². The van der Waals surface area contributed by atoms with Gasteiger partial charge in [0.05, 0.1) is 13.3 Å². The quantitative estimate of drug-likeness (QED) is 0.690. The van der Waals surface area contributed by atoms with Crippen molar-refractivity contribution in [2.24, 2.45) is 5.10 Å². The summed E-state index contributed by atoms with van der Waals surface area (Å²) in [6.07, 6.45) is 1.57. The van der Waals surface area contributed by atoms with E-state index in [2.05, 4.69) is 26.5 Å². The number of nitrogens with one attached hydrogen (secondary N) is 1. The lowest BCUT2D eigenvalue weighted by Gasteiger charge is -2.01. The maximum Gasteiger partial charge on any atom is 0.271 e. The monoisotopic (exact) mass is 332 g/mol. The molecule has 1 amide bonds. The van der Waals surface area contributed by atoms with E-state index in [1.807, 2.05) is 24.3 Å². The van der Waals surface area contributed by atoms with Crippen molar-refractivity contribution in [3.05, 3.63) is 64.1 Å². The molecule has 0 spiro atoms. The molecule has 5 heteroatoms. The number of hydrogen-bond donors (Lipinski definition) is 1. The molecule has 2 aromatic carbocycles. The van der Waals surface area contributed by atoms with Crippen LogP contribution in [-0.2, 0) is 0 Å². The van der Waals surface area contributed by atoms with E-state index in [0.29, 0.717) is 5.56 Å². The van der Waals surface area contributed by atoms with E-state index in [0.717, 1.165) is 15.8 Å². The molecule has 0 aliphatic rings. The summed E-state index contributed by atoms with van der Waals surface area (Å²) in [6.45, 7) is 0. The fourth-order valence-corrected chi connectivity index (χ4v) is 1.82. The maximum atomic E-state index is 11.8.